The van der Waals surface area contributed by atoms with Crippen LogP contribution in [0.25, 0.3) is 11.5 Å². The van der Waals surface area contributed by atoms with Crippen LogP contribution in [0.4, 0.5) is 5.82 Å². The number of hydrogen-bond acceptors (Lipinski definition) is 9. The van der Waals surface area contributed by atoms with E-state index < -0.39 is 0 Å². The molecule has 1 amide bonds. The molecule has 10 heteroatoms. The minimum absolute atomic E-state index is 0.0447. The van der Waals surface area contributed by atoms with Gasteiger partial charge in [-0.1, -0.05) is 12.1 Å². The van der Waals surface area contributed by atoms with Crippen molar-refractivity contribution >= 4 is 23.1 Å². The minimum atomic E-state index is -0.110. The second-order valence-electron chi connectivity index (χ2n) is 6.95. The van der Waals surface area contributed by atoms with Crippen molar-refractivity contribution in [1.29, 1.82) is 0 Å². The molecule has 1 N–H and O–H groups in total. The molecule has 3 aromatic rings. The standard InChI is InChI=1S/C19H23N7O2S/c1-3-15-24-19(28-25-15)14-9-21-12(2)23-17(14)26-7-4-5-13(11-26)18(27)22-10-16-20-6-8-29-16/h6,8-9,13H,3-5,7,10-11H2,1-2H3,(H,22,27). The van der Waals surface area contributed by atoms with Gasteiger partial charge in [0.15, 0.2) is 5.82 Å². The van der Waals surface area contributed by atoms with Gasteiger partial charge < -0.3 is 14.7 Å². The molecule has 3 aromatic heterocycles. The Morgan fingerprint density at radius 1 is 1.38 bits per heavy atom. The number of piperidine rings is 1. The second kappa shape index (κ2) is 8.64. The molecule has 152 valence electrons. The fourth-order valence-electron chi connectivity index (χ4n) is 3.39. The number of rotatable bonds is 6. The highest BCUT2D eigenvalue weighted by molar-refractivity contribution is 7.09. The molecule has 0 aromatic carbocycles. The van der Waals surface area contributed by atoms with E-state index in [1.807, 2.05) is 19.2 Å². The van der Waals surface area contributed by atoms with Gasteiger partial charge >= 0.3 is 0 Å². The Morgan fingerprint density at radius 2 is 2.28 bits per heavy atom. The third-order valence-corrected chi connectivity index (χ3v) is 5.67. The molecule has 0 spiro atoms. The predicted octanol–water partition coefficient (Wildman–Crippen LogP) is 2.39. The summed E-state index contributed by atoms with van der Waals surface area (Å²) in [5, 5.41) is 9.80. The van der Waals surface area contributed by atoms with Crippen molar-refractivity contribution in [3.63, 3.8) is 0 Å². The Morgan fingerprint density at radius 3 is 3.03 bits per heavy atom. The zero-order chi connectivity index (χ0) is 20.2. The maximum atomic E-state index is 12.7. The van der Waals surface area contributed by atoms with Gasteiger partial charge in [-0.25, -0.2) is 15.0 Å². The summed E-state index contributed by atoms with van der Waals surface area (Å²) in [4.78, 5) is 32.4. The first-order valence-corrected chi connectivity index (χ1v) is 10.6. The van der Waals surface area contributed by atoms with E-state index in [4.69, 9.17) is 4.52 Å². The topological polar surface area (TPSA) is 110 Å². The van der Waals surface area contributed by atoms with Crippen LogP contribution in [0.3, 0.4) is 0 Å². The number of nitrogens with one attached hydrogen (secondary N) is 1. The fourth-order valence-corrected chi connectivity index (χ4v) is 3.94. The molecule has 1 atom stereocenters. The zero-order valence-electron chi connectivity index (χ0n) is 16.5. The Hall–Kier alpha value is -2.88. The SMILES string of the molecule is CCc1noc(-c2cnc(C)nc2N2CCCC(C(=O)NCc3nccs3)C2)n1. The third kappa shape index (κ3) is 4.42. The zero-order valence-corrected chi connectivity index (χ0v) is 17.3. The summed E-state index contributed by atoms with van der Waals surface area (Å²) in [6.07, 6.45) is 5.91. The quantitative estimate of drug-likeness (QED) is 0.656. The summed E-state index contributed by atoms with van der Waals surface area (Å²) in [5.41, 5.74) is 0.701. The number of nitrogens with zero attached hydrogens (tertiary/aromatic N) is 6. The van der Waals surface area contributed by atoms with Gasteiger partial charge in [-0.2, -0.15) is 4.98 Å². The van der Waals surface area contributed by atoms with Crippen molar-refractivity contribution in [2.75, 3.05) is 18.0 Å². The van der Waals surface area contributed by atoms with Crippen molar-refractivity contribution in [1.82, 2.24) is 30.4 Å². The highest BCUT2D eigenvalue weighted by atomic mass is 32.1. The number of aryl methyl sites for hydroxylation is 2. The van der Waals surface area contributed by atoms with E-state index in [9.17, 15) is 4.79 Å². The first-order chi connectivity index (χ1) is 14.1. The average molecular weight is 414 g/mol. The lowest BCUT2D eigenvalue weighted by Gasteiger charge is -2.33. The van der Waals surface area contributed by atoms with E-state index in [0.717, 1.165) is 30.2 Å². The van der Waals surface area contributed by atoms with Crippen molar-refractivity contribution < 1.29 is 9.32 Å². The van der Waals surface area contributed by atoms with Crippen LogP contribution < -0.4 is 10.2 Å². The van der Waals surface area contributed by atoms with E-state index >= 15 is 0 Å². The molecule has 4 rings (SSSR count). The van der Waals surface area contributed by atoms with E-state index in [1.165, 1.54) is 11.3 Å². The average Bonchev–Trinajstić information content (AvgIpc) is 3.44. The van der Waals surface area contributed by atoms with Gasteiger partial charge in [0.2, 0.25) is 5.91 Å². The van der Waals surface area contributed by atoms with Gasteiger partial charge in [0.1, 0.15) is 22.2 Å². The lowest BCUT2D eigenvalue weighted by molar-refractivity contribution is -0.125. The first kappa shape index (κ1) is 19.4. The molecule has 0 saturated carbocycles. The lowest BCUT2D eigenvalue weighted by Crippen LogP contribution is -2.43. The number of anilines is 1. The van der Waals surface area contributed by atoms with E-state index in [0.29, 0.717) is 42.6 Å². The van der Waals surface area contributed by atoms with Crippen LogP contribution in [0, 0.1) is 12.8 Å². The normalized spacial score (nSPS) is 16.8. The molecule has 9 nitrogen and oxygen atoms in total. The van der Waals surface area contributed by atoms with Gasteiger partial charge in [-0.15, -0.1) is 11.3 Å². The maximum absolute atomic E-state index is 12.7. The molecule has 1 fully saturated rings. The molecule has 4 heterocycles. The number of thiazole rings is 1. The van der Waals surface area contributed by atoms with Gasteiger partial charge in [-0.05, 0) is 19.8 Å². The fraction of sp³-hybridized carbons (Fsp3) is 0.474. The third-order valence-electron chi connectivity index (χ3n) is 4.89. The Labute approximate surface area is 172 Å². The van der Waals surface area contributed by atoms with Crippen LogP contribution in [0.15, 0.2) is 22.3 Å². The van der Waals surface area contributed by atoms with Crippen LogP contribution in [0.1, 0.15) is 36.4 Å². The molecule has 1 unspecified atom stereocenters. The molecule has 0 aliphatic carbocycles. The minimum Gasteiger partial charge on any atom is -0.355 e. The highest BCUT2D eigenvalue weighted by Crippen LogP contribution is 2.31. The molecular weight excluding hydrogens is 390 g/mol. The Kier molecular flexibility index (Phi) is 5.79. The van der Waals surface area contributed by atoms with E-state index in [1.54, 1.807) is 12.4 Å². The van der Waals surface area contributed by atoms with Gasteiger partial charge in [0.05, 0.1) is 12.5 Å². The van der Waals surface area contributed by atoms with Crippen molar-refractivity contribution in [2.24, 2.45) is 5.92 Å². The number of carbonyl (C=O) groups is 1. The number of carbonyl (C=O) groups excluding carboxylic acids is 1. The maximum Gasteiger partial charge on any atom is 0.263 e. The lowest BCUT2D eigenvalue weighted by atomic mass is 9.97. The van der Waals surface area contributed by atoms with Crippen LogP contribution in [0.5, 0.6) is 0 Å². The van der Waals surface area contributed by atoms with Gasteiger partial charge in [0.25, 0.3) is 5.89 Å². The molecule has 0 bridgehead atoms. The Bertz CT molecular complexity index is 973. The van der Waals surface area contributed by atoms with Crippen molar-refractivity contribution in [3.8, 4) is 11.5 Å². The van der Waals surface area contributed by atoms with Crippen molar-refractivity contribution in [2.45, 2.75) is 39.7 Å². The molecule has 1 aliphatic rings. The second-order valence-corrected chi connectivity index (χ2v) is 7.93. The van der Waals surface area contributed by atoms with E-state index in [-0.39, 0.29) is 11.8 Å². The molecule has 1 saturated heterocycles. The number of hydrogen-bond donors (Lipinski definition) is 1. The Balaban J connectivity index is 1.51. The molecule has 29 heavy (non-hydrogen) atoms. The van der Waals surface area contributed by atoms with E-state index in [2.05, 4.69) is 35.3 Å². The summed E-state index contributed by atoms with van der Waals surface area (Å²) in [6, 6.07) is 0. The predicted molar refractivity (Wildman–Crippen MR) is 108 cm³/mol. The smallest absolute Gasteiger partial charge is 0.263 e. The molecule has 0 radical (unpaired) electrons. The van der Waals surface area contributed by atoms with Gasteiger partial charge in [-0.3, -0.25) is 4.79 Å². The van der Waals surface area contributed by atoms with Crippen LogP contribution in [0.2, 0.25) is 0 Å². The number of aromatic nitrogens is 5. The summed E-state index contributed by atoms with van der Waals surface area (Å²) in [5.74, 6) is 2.39. The summed E-state index contributed by atoms with van der Waals surface area (Å²) < 4.78 is 5.41. The van der Waals surface area contributed by atoms with Gasteiger partial charge in [0, 0.05) is 37.3 Å². The summed E-state index contributed by atoms with van der Waals surface area (Å²) >= 11 is 1.54. The largest absolute Gasteiger partial charge is 0.355 e. The summed E-state index contributed by atoms with van der Waals surface area (Å²) in [7, 11) is 0. The van der Waals surface area contributed by atoms with Crippen LogP contribution >= 0.6 is 11.3 Å². The monoisotopic (exact) mass is 413 g/mol. The molecule has 1 aliphatic heterocycles. The van der Waals surface area contributed by atoms with Crippen LogP contribution in [-0.4, -0.2) is 44.1 Å². The first-order valence-electron chi connectivity index (χ1n) is 9.71. The summed E-state index contributed by atoms with van der Waals surface area (Å²) in [6.45, 7) is 5.69. The van der Waals surface area contributed by atoms with Crippen LogP contribution in [-0.2, 0) is 17.8 Å². The molecular formula is C19H23N7O2S. The highest BCUT2D eigenvalue weighted by Gasteiger charge is 2.29. The van der Waals surface area contributed by atoms with Crippen molar-refractivity contribution in [3.05, 3.63) is 34.4 Å². The number of amides is 1.